The van der Waals surface area contributed by atoms with Gasteiger partial charge in [-0.05, 0) is 28.1 Å². The lowest BCUT2D eigenvalue weighted by atomic mass is 10.3. The normalized spacial score (nSPS) is 10.9. The van der Waals surface area contributed by atoms with E-state index in [0.717, 1.165) is 5.82 Å². The highest BCUT2D eigenvalue weighted by Crippen LogP contribution is 2.37. The van der Waals surface area contributed by atoms with Gasteiger partial charge in [0.1, 0.15) is 5.82 Å². The van der Waals surface area contributed by atoms with E-state index >= 15 is 0 Å². The van der Waals surface area contributed by atoms with Crippen molar-refractivity contribution in [3.8, 4) is 5.75 Å². The molecule has 0 saturated heterocycles. The molecule has 0 unspecified atom stereocenters. The largest absolute Gasteiger partial charge is 0.431 e. The minimum atomic E-state index is -2.92. The molecule has 0 bridgehead atoms. The molecule has 0 radical (unpaired) electrons. The molecule has 0 atom stereocenters. The number of rotatable bonds is 5. The van der Waals surface area contributed by atoms with Crippen molar-refractivity contribution >= 4 is 33.2 Å². The highest BCUT2D eigenvalue weighted by molar-refractivity contribution is 9.10. The quantitative estimate of drug-likeness (QED) is 0.868. The number of hydrogen-bond donors (Lipinski definition) is 1. The van der Waals surface area contributed by atoms with Crippen LogP contribution in [0.4, 0.5) is 14.5 Å². The number of nitrogens with one attached hydrogen (secondary N) is 1. The molecule has 2 aromatic rings. The SMILES string of the molecule is Cn1ccnc1CNc1cc(Cl)cc(Br)c1OC(F)F. The van der Waals surface area contributed by atoms with Gasteiger partial charge in [-0.3, -0.25) is 0 Å². The minimum Gasteiger partial charge on any atom is -0.431 e. The maximum Gasteiger partial charge on any atom is 0.387 e. The first-order valence-electron chi connectivity index (χ1n) is 5.61. The van der Waals surface area contributed by atoms with E-state index in [0.29, 0.717) is 21.7 Å². The van der Waals surface area contributed by atoms with Gasteiger partial charge in [-0.25, -0.2) is 4.98 Å². The minimum absolute atomic E-state index is 0.0126. The summed E-state index contributed by atoms with van der Waals surface area (Å²) in [6, 6.07) is 3.01. The Morgan fingerprint density at radius 1 is 1.50 bits per heavy atom. The Labute approximate surface area is 127 Å². The lowest BCUT2D eigenvalue weighted by Crippen LogP contribution is -2.09. The van der Waals surface area contributed by atoms with E-state index in [1.807, 2.05) is 11.6 Å². The first kappa shape index (κ1) is 15.1. The predicted molar refractivity (Wildman–Crippen MR) is 76.3 cm³/mol. The summed E-state index contributed by atoms with van der Waals surface area (Å²) in [6.07, 6.45) is 3.45. The summed E-state index contributed by atoms with van der Waals surface area (Å²) in [5.74, 6) is 0.766. The van der Waals surface area contributed by atoms with E-state index in [2.05, 4.69) is 31.0 Å². The molecule has 8 heteroatoms. The van der Waals surface area contributed by atoms with Crippen molar-refractivity contribution in [2.75, 3.05) is 5.32 Å². The van der Waals surface area contributed by atoms with Crippen LogP contribution < -0.4 is 10.1 Å². The Morgan fingerprint density at radius 2 is 2.25 bits per heavy atom. The second kappa shape index (κ2) is 6.41. The predicted octanol–water partition coefficient (Wildman–Crippen LogP) is 4.05. The Morgan fingerprint density at radius 3 is 2.85 bits per heavy atom. The zero-order chi connectivity index (χ0) is 14.7. The lowest BCUT2D eigenvalue weighted by Gasteiger charge is -2.14. The van der Waals surface area contributed by atoms with E-state index in [9.17, 15) is 8.78 Å². The van der Waals surface area contributed by atoms with E-state index in [1.165, 1.54) is 12.1 Å². The number of anilines is 1. The molecule has 20 heavy (non-hydrogen) atoms. The van der Waals surface area contributed by atoms with E-state index < -0.39 is 6.61 Å². The Kier molecular flexibility index (Phi) is 4.82. The molecule has 2 rings (SSSR count). The van der Waals surface area contributed by atoms with Crippen molar-refractivity contribution in [1.82, 2.24) is 9.55 Å². The average Bonchev–Trinajstić information content (AvgIpc) is 2.76. The molecule has 1 aromatic carbocycles. The fourth-order valence-electron chi connectivity index (χ4n) is 1.64. The van der Waals surface area contributed by atoms with Crippen LogP contribution in [0.2, 0.25) is 5.02 Å². The highest BCUT2D eigenvalue weighted by Gasteiger charge is 2.15. The van der Waals surface area contributed by atoms with Gasteiger partial charge in [0.2, 0.25) is 0 Å². The summed E-state index contributed by atoms with van der Waals surface area (Å²) in [4.78, 5) is 4.13. The molecule has 0 aliphatic carbocycles. The summed E-state index contributed by atoms with van der Waals surface area (Å²) in [5.41, 5.74) is 0.368. The smallest absolute Gasteiger partial charge is 0.387 e. The number of imidazole rings is 1. The molecule has 4 nitrogen and oxygen atoms in total. The third kappa shape index (κ3) is 3.61. The zero-order valence-electron chi connectivity index (χ0n) is 10.4. The van der Waals surface area contributed by atoms with Crippen LogP contribution in [-0.4, -0.2) is 16.2 Å². The first-order chi connectivity index (χ1) is 9.47. The van der Waals surface area contributed by atoms with Gasteiger partial charge in [0.05, 0.1) is 16.7 Å². The number of aryl methyl sites for hydroxylation is 1. The third-order valence-electron chi connectivity index (χ3n) is 2.57. The highest BCUT2D eigenvalue weighted by atomic mass is 79.9. The molecular formula is C12H11BrClF2N3O. The number of nitrogens with zero attached hydrogens (tertiary/aromatic N) is 2. The third-order valence-corrected chi connectivity index (χ3v) is 3.38. The van der Waals surface area contributed by atoms with Crippen LogP contribution in [-0.2, 0) is 13.6 Å². The van der Waals surface area contributed by atoms with Gasteiger partial charge in [0.25, 0.3) is 0 Å². The summed E-state index contributed by atoms with van der Waals surface area (Å²) in [6.45, 7) is -2.56. The van der Waals surface area contributed by atoms with Crippen LogP contribution in [0, 0.1) is 0 Å². The van der Waals surface area contributed by atoms with Crippen molar-refractivity contribution in [1.29, 1.82) is 0 Å². The topological polar surface area (TPSA) is 39.1 Å². The van der Waals surface area contributed by atoms with Crippen LogP contribution in [0.1, 0.15) is 5.82 Å². The van der Waals surface area contributed by atoms with Crippen molar-refractivity contribution < 1.29 is 13.5 Å². The molecule has 1 N–H and O–H groups in total. The fraction of sp³-hybridized carbons (Fsp3) is 0.250. The number of alkyl halides is 2. The van der Waals surface area contributed by atoms with Crippen LogP contribution >= 0.6 is 27.5 Å². The van der Waals surface area contributed by atoms with Crippen molar-refractivity contribution in [2.45, 2.75) is 13.2 Å². The molecule has 0 amide bonds. The van der Waals surface area contributed by atoms with Gasteiger partial charge in [-0.2, -0.15) is 8.78 Å². The molecule has 0 aliphatic rings. The maximum absolute atomic E-state index is 12.4. The number of ether oxygens (including phenoxy) is 1. The van der Waals surface area contributed by atoms with Crippen LogP contribution in [0.3, 0.4) is 0 Å². The first-order valence-corrected chi connectivity index (χ1v) is 6.78. The van der Waals surface area contributed by atoms with Crippen LogP contribution in [0.15, 0.2) is 29.0 Å². The Balaban J connectivity index is 2.23. The summed E-state index contributed by atoms with van der Waals surface area (Å²) in [7, 11) is 1.84. The second-order valence-electron chi connectivity index (χ2n) is 3.95. The molecule has 0 fully saturated rings. The number of aromatic nitrogens is 2. The van der Waals surface area contributed by atoms with Crippen LogP contribution in [0.25, 0.3) is 0 Å². The average molecular weight is 367 g/mol. The number of benzene rings is 1. The van der Waals surface area contributed by atoms with Crippen molar-refractivity contribution in [3.05, 3.63) is 39.8 Å². The summed E-state index contributed by atoms with van der Waals surface area (Å²) in [5, 5.41) is 3.39. The lowest BCUT2D eigenvalue weighted by molar-refractivity contribution is -0.0498. The number of halogens is 4. The second-order valence-corrected chi connectivity index (χ2v) is 5.24. The fourth-order valence-corrected chi connectivity index (χ4v) is 2.55. The van der Waals surface area contributed by atoms with Crippen molar-refractivity contribution in [2.24, 2.45) is 7.05 Å². The van der Waals surface area contributed by atoms with E-state index in [4.69, 9.17) is 11.6 Å². The zero-order valence-corrected chi connectivity index (χ0v) is 12.8. The molecule has 1 aromatic heterocycles. The monoisotopic (exact) mass is 365 g/mol. The standard InChI is InChI=1S/C12H11BrClF2N3O/c1-19-3-2-17-10(19)6-18-9-5-7(14)4-8(13)11(9)20-12(15)16/h2-5,12,18H,6H2,1H3. The Bertz CT molecular complexity index is 606. The molecule has 1 heterocycles. The van der Waals surface area contributed by atoms with Gasteiger partial charge in [0, 0.05) is 24.5 Å². The number of hydrogen-bond acceptors (Lipinski definition) is 3. The maximum atomic E-state index is 12.4. The molecular weight excluding hydrogens is 356 g/mol. The van der Waals surface area contributed by atoms with E-state index in [1.54, 1.807) is 12.4 Å². The van der Waals surface area contributed by atoms with Gasteiger partial charge in [-0.15, -0.1) is 0 Å². The summed E-state index contributed by atoms with van der Waals surface area (Å²) >= 11 is 9.07. The van der Waals surface area contributed by atoms with Crippen molar-refractivity contribution in [3.63, 3.8) is 0 Å². The van der Waals surface area contributed by atoms with Gasteiger partial charge < -0.3 is 14.6 Å². The molecule has 0 spiro atoms. The summed E-state index contributed by atoms with van der Waals surface area (Å²) < 4.78 is 31.6. The van der Waals surface area contributed by atoms with Gasteiger partial charge >= 0.3 is 6.61 Å². The van der Waals surface area contributed by atoms with Crippen LogP contribution in [0.5, 0.6) is 5.75 Å². The molecule has 0 aliphatic heterocycles. The van der Waals surface area contributed by atoms with Gasteiger partial charge in [-0.1, -0.05) is 11.6 Å². The Hall–Kier alpha value is -1.34. The van der Waals surface area contributed by atoms with Gasteiger partial charge in [0.15, 0.2) is 5.75 Å². The molecule has 108 valence electrons. The molecule has 0 saturated carbocycles. The van der Waals surface area contributed by atoms with E-state index in [-0.39, 0.29) is 5.75 Å².